The zero-order valence-electron chi connectivity index (χ0n) is 11.5. The van der Waals surface area contributed by atoms with Crippen LogP contribution in [0.4, 0.5) is 11.6 Å². The maximum Gasteiger partial charge on any atom is 0.226 e. The molecule has 5 heteroatoms. The number of ether oxygens (including phenoxy) is 1. The Morgan fingerprint density at radius 1 is 1.35 bits per heavy atom. The van der Waals surface area contributed by atoms with Gasteiger partial charge >= 0.3 is 0 Å². The maximum atomic E-state index is 5.86. The normalized spacial score (nSPS) is 17.4. The summed E-state index contributed by atoms with van der Waals surface area (Å²) in [5.41, 5.74) is 9.28. The second-order valence-corrected chi connectivity index (χ2v) is 4.97. The summed E-state index contributed by atoms with van der Waals surface area (Å²) in [4.78, 5) is 8.55. The third-order valence-corrected chi connectivity index (χ3v) is 3.62. The van der Waals surface area contributed by atoms with Crippen molar-refractivity contribution in [2.24, 2.45) is 0 Å². The van der Waals surface area contributed by atoms with Crippen LogP contribution in [-0.4, -0.2) is 17.1 Å². The van der Waals surface area contributed by atoms with E-state index in [-0.39, 0.29) is 6.04 Å². The lowest BCUT2D eigenvalue weighted by Crippen LogP contribution is -2.18. The number of aromatic nitrogens is 2. The Kier molecular flexibility index (Phi) is 3.41. The number of nitrogens with zero attached hydrogens (tertiary/aromatic N) is 2. The molecule has 0 amide bonds. The number of benzene rings is 1. The Balaban J connectivity index is 1.85. The van der Waals surface area contributed by atoms with Gasteiger partial charge in [-0.3, -0.25) is 0 Å². The van der Waals surface area contributed by atoms with Gasteiger partial charge in [-0.2, -0.15) is 4.98 Å². The van der Waals surface area contributed by atoms with Gasteiger partial charge in [0.25, 0.3) is 0 Å². The molecule has 3 N–H and O–H groups in total. The second kappa shape index (κ2) is 5.36. The van der Waals surface area contributed by atoms with Crippen molar-refractivity contribution in [3.8, 4) is 5.88 Å². The van der Waals surface area contributed by atoms with Crippen molar-refractivity contribution in [3.05, 3.63) is 41.6 Å². The highest BCUT2D eigenvalue weighted by Crippen LogP contribution is 2.32. The largest absolute Gasteiger partial charge is 0.481 e. The van der Waals surface area contributed by atoms with Gasteiger partial charge < -0.3 is 15.8 Å². The van der Waals surface area contributed by atoms with Gasteiger partial charge in [0.15, 0.2) is 0 Å². The Hall–Kier alpha value is -2.30. The number of methoxy groups -OCH3 is 1. The number of aryl methyl sites for hydroxylation is 1. The molecule has 0 saturated carbocycles. The van der Waals surface area contributed by atoms with Crippen LogP contribution in [0, 0.1) is 0 Å². The molecule has 3 rings (SSSR count). The number of nitrogens with two attached hydrogens (primary N) is 1. The topological polar surface area (TPSA) is 73.1 Å². The second-order valence-electron chi connectivity index (χ2n) is 4.97. The zero-order valence-corrected chi connectivity index (χ0v) is 11.5. The molecule has 0 aliphatic heterocycles. The fraction of sp³-hybridized carbons (Fsp3) is 0.333. The van der Waals surface area contributed by atoms with Gasteiger partial charge in [-0.15, -0.1) is 0 Å². The van der Waals surface area contributed by atoms with Gasteiger partial charge in [0.2, 0.25) is 11.8 Å². The molecule has 1 unspecified atom stereocenters. The van der Waals surface area contributed by atoms with Crippen molar-refractivity contribution in [1.82, 2.24) is 9.97 Å². The summed E-state index contributed by atoms with van der Waals surface area (Å²) in [6, 6.07) is 8.08. The molecule has 20 heavy (non-hydrogen) atoms. The van der Waals surface area contributed by atoms with Crippen LogP contribution in [0.5, 0.6) is 5.88 Å². The molecule has 0 fully saturated rings. The fourth-order valence-corrected chi connectivity index (χ4v) is 2.67. The van der Waals surface area contributed by atoms with Crippen molar-refractivity contribution >= 4 is 11.6 Å². The Labute approximate surface area is 118 Å². The van der Waals surface area contributed by atoms with Gasteiger partial charge in [-0.25, -0.2) is 4.98 Å². The summed E-state index contributed by atoms with van der Waals surface area (Å²) in [6.45, 7) is 0. The van der Waals surface area contributed by atoms with Crippen molar-refractivity contribution < 1.29 is 4.74 Å². The standard InChI is InChI=1S/C15H18N4O/c1-20-14-7-8-17-15(19-14)18-13-4-2-3-10-9-11(16)5-6-12(10)13/h5-9,13H,2-4,16H2,1H3,(H,17,18,19). The monoisotopic (exact) mass is 270 g/mol. The van der Waals surface area contributed by atoms with Crippen LogP contribution >= 0.6 is 0 Å². The van der Waals surface area contributed by atoms with Crippen LogP contribution in [0.25, 0.3) is 0 Å². The van der Waals surface area contributed by atoms with E-state index in [0.29, 0.717) is 11.8 Å². The summed E-state index contributed by atoms with van der Waals surface area (Å²) >= 11 is 0. The van der Waals surface area contributed by atoms with E-state index in [4.69, 9.17) is 10.5 Å². The third-order valence-electron chi connectivity index (χ3n) is 3.62. The number of anilines is 2. The van der Waals surface area contributed by atoms with Crippen LogP contribution in [0.1, 0.15) is 30.0 Å². The number of nitrogen functional groups attached to an aromatic ring is 1. The lowest BCUT2D eigenvalue weighted by molar-refractivity contribution is 0.397. The first-order valence-corrected chi connectivity index (χ1v) is 6.78. The summed E-state index contributed by atoms with van der Waals surface area (Å²) in [5, 5.41) is 3.39. The number of hydrogen-bond donors (Lipinski definition) is 2. The highest BCUT2D eigenvalue weighted by Gasteiger charge is 2.20. The lowest BCUT2D eigenvalue weighted by Gasteiger charge is -2.26. The molecule has 1 aromatic heterocycles. The first kappa shape index (κ1) is 12.7. The minimum absolute atomic E-state index is 0.228. The molecule has 0 radical (unpaired) electrons. The molecule has 1 atom stereocenters. The number of nitrogens with one attached hydrogen (secondary N) is 1. The summed E-state index contributed by atoms with van der Waals surface area (Å²) < 4.78 is 5.12. The third kappa shape index (κ3) is 2.52. The highest BCUT2D eigenvalue weighted by atomic mass is 16.5. The first-order chi connectivity index (χ1) is 9.76. The van der Waals surface area contributed by atoms with E-state index < -0.39 is 0 Å². The molecule has 1 aliphatic carbocycles. The van der Waals surface area contributed by atoms with Crippen LogP contribution in [0.15, 0.2) is 30.5 Å². The molecule has 5 nitrogen and oxygen atoms in total. The van der Waals surface area contributed by atoms with E-state index in [1.165, 1.54) is 11.1 Å². The van der Waals surface area contributed by atoms with E-state index in [1.807, 2.05) is 6.07 Å². The minimum atomic E-state index is 0.228. The van der Waals surface area contributed by atoms with E-state index >= 15 is 0 Å². The van der Waals surface area contributed by atoms with E-state index in [1.54, 1.807) is 19.4 Å². The molecule has 1 aliphatic rings. The first-order valence-electron chi connectivity index (χ1n) is 6.78. The predicted octanol–water partition coefficient (Wildman–Crippen LogP) is 2.56. The summed E-state index contributed by atoms with van der Waals surface area (Å²) in [7, 11) is 1.60. The molecule has 0 bridgehead atoms. The minimum Gasteiger partial charge on any atom is -0.481 e. The fourth-order valence-electron chi connectivity index (χ4n) is 2.67. The molecule has 0 saturated heterocycles. The van der Waals surface area contributed by atoms with Gasteiger partial charge in [0.05, 0.1) is 13.2 Å². The maximum absolute atomic E-state index is 5.86. The smallest absolute Gasteiger partial charge is 0.226 e. The zero-order chi connectivity index (χ0) is 13.9. The van der Waals surface area contributed by atoms with Gasteiger partial charge in [-0.1, -0.05) is 6.07 Å². The molecule has 1 heterocycles. The van der Waals surface area contributed by atoms with E-state index in [0.717, 1.165) is 24.9 Å². The van der Waals surface area contributed by atoms with Gasteiger partial charge in [0, 0.05) is 18.0 Å². The molecule has 1 aromatic carbocycles. The van der Waals surface area contributed by atoms with Gasteiger partial charge in [0.1, 0.15) is 0 Å². The molecule has 104 valence electrons. The molecular formula is C15H18N4O. The molecule has 2 aromatic rings. The van der Waals surface area contributed by atoms with Crippen LogP contribution < -0.4 is 15.8 Å². The van der Waals surface area contributed by atoms with Crippen molar-refractivity contribution in [1.29, 1.82) is 0 Å². The average Bonchev–Trinajstić information content (AvgIpc) is 2.47. The molecular weight excluding hydrogens is 252 g/mol. The van der Waals surface area contributed by atoms with E-state index in [9.17, 15) is 0 Å². The lowest BCUT2D eigenvalue weighted by atomic mass is 9.87. The quantitative estimate of drug-likeness (QED) is 0.838. The number of hydrogen-bond acceptors (Lipinski definition) is 5. The Morgan fingerprint density at radius 3 is 3.10 bits per heavy atom. The summed E-state index contributed by atoms with van der Waals surface area (Å²) in [6.07, 6.45) is 4.98. The van der Waals surface area contributed by atoms with Crippen molar-refractivity contribution in [2.75, 3.05) is 18.2 Å². The van der Waals surface area contributed by atoms with E-state index in [2.05, 4.69) is 27.4 Å². The van der Waals surface area contributed by atoms with Crippen LogP contribution in [0.3, 0.4) is 0 Å². The average molecular weight is 270 g/mol. The van der Waals surface area contributed by atoms with Crippen molar-refractivity contribution in [3.63, 3.8) is 0 Å². The Morgan fingerprint density at radius 2 is 2.25 bits per heavy atom. The number of rotatable bonds is 3. The molecule has 0 spiro atoms. The van der Waals surface area contributed by atoms with Crippen molar-refractivity contribution in [2.45, 2.75) is 25.3 Å². The summed E-state index contributed by atoms with van der Waals surface area (Å²) in [5.74, 6) is 1.16. The highest BCUT2D eigenvalue weighted by molar-refractivity contribution is 5.48. The SMILES string of the molecule is COc1ccnc(NC2CCCc3cc(N)ccc32)n1. The van der Waals surface area contributed by atoms with Gasteiger partial charge in [-0.05, 0) is 42.5 Å². The predicted molar refractivity (Wildman–Crippen MR) is 78.7 cm³/mol. The number of fused-ring (bicyclic) bond motifs is 1. The Bertz CT molecular complexity index is 615. The van der Waals surface area contributed by atoms with Crippen LogP contribution in [-0.2, 0) is 6.42 Å². The van der Waals surface area contributed by atoms with Crippen LogP contribution in [0.2, 0.25) is 0 Å².